The third-order valence-corrected chi connectivity index (χ3v) is 3.21. The maximum absolute atomic E-state index is 5.88. The smallest absolute Gasteiger partial charge is 0.161 e. The zero-order valence-corrected chi connectivity index (χ0v) is 12.7. The van der Waals surface area contributed by atoms with Gasteiger partial charge >= 0.3 is 0 Å². The van der Waals surface area contributed by atoms with Crippen LogP contribution in [0.25, 0.3) is 11.4 Å². The van der Waals surface area contributed by atoms with Crippen LogP contribution in [0.15, 0.2) is 30.3 Å². The van der Waals surface area contributed by atoms with Crippen LogP contribution < -0.4 is 5.73 Å². The molecule has 1 heterocycles. The van der Waals surface area contributed by atoms with E-state index in [1.54, 1.807) is 0 Å². The first-order valence-corrected chi connectivity index (χ1v) is 7.19. The summed E-state index contributed by atoms with van der Waals surface area (Å²) in [6, 6.07) is 10.3. The monoisotopic (exact) mass is 269 g/mol. The average Bonchev–Trinajstić information content (AvgIpc) is 2.38. The summed E-state index contributed by atoms with van der Waals surface area (Å²) >= 11 is 0. The molecule has 0 amide bonds. The molecule has 0 bridgehead atoms. The minimum atomic E-state index is 0.347. The van der Waals surface area contributed by atoms with Crippen molar-refractivity contribution in [3.8, 4) is 11.4 Å². The van der Waals surface area contributed by atoms with E-state index >= 15 is 0 Å². The normalized spacial score (nSPS) is 11.3. The zero-order chi connectivity index (χ0) is 14.7. The Kier molecular flexibility index (Phi) is 4.38. The van der Waals surface area contributed by atoms with Crippen molar-refractivity contribution in [2.75, 3.05) is 5.73 Å². The summed E-state index contributed by atoms with van der Waals surface area (Å²) in [5, 5.41) is 0. The van der Waals surface area contributed by atoms with Gasteiger partial charge in [-0.25, -0.2) is 9.97 Å². The van der Waals surface area contributed by atoms with Crippen molar-refractivity contribution in [3.05, 3.63) is 41.6 Å². The first-order valence-electron chi connectivity index (χ1n) is 7.19. The molecular formula is C17H23N3. The SMILES string of the molecule is CC(C)Cc1ccc(-c2nc(N)cc(C(C)C)n2)cc1. The van der Waals surface area contributed by atoms with Gasteiger partial charge in [0, 0.05) is 17.3 Å². The van der Waals surface area contributed by atoms with Crippen LogP contribution in [-0.4, -0.2) is 9.97 Å². The number of nitrogens with zero attached hydrogens (tertiary/aromatic N) is 2. The summed E-state index contributed by atoms with van der Waals surface area (Å²) < 4.78 is 0. The quantitative estimate of drug-likeness (QED) is 0.911. The lowest BCUT2D eigenvalue weighted by Crippen LogP contribution is -2.02. The van der Waals surface area contributed by atoms with Crippen molar-refractivity contribution in [2.24, 2.45) is 5.92 Å². The first-order chi connectivity index (χ1) is 9.45. The third kappa shape index (κ3) is 3.56. The zero-order valence-electron chi connectivity index (χ0n) is 12.7. The summed E-state index contributed by atoms with van der Waals surface area (Å²) in [5.74, 6) is 2.26. The molecule has 1 aromatic carbocycles. The molecule has 0 aliphatic heterocycles. The van der Waals surface area contributed by atoms with Gasteiger partial charge in [0.15, 0.2) is 5.82 Å². The predicted octanol–water partition coefficient (Wildman–Crippen LogP) is 4.05. The molecule has 1 aromatic heterocycles. The summed E-state index contributed by atoms with van der Waals surface area (Å²) in [7, 11) is 0. The van der Waals surface area contributed by atoms with Crippen molar-refractivity contribution in [1.82, 2.24) is 9.97 Å². The molecule has 0 saturated carbocycles. The van der Waals surface area contributed by atoms with E-state index in [1.807, 2.05) is 6.07 Å². The Labute approximate surface area is 121 Å². The molecule has 0 aliphatic rings. The van der Waals surface area contributed by atoms with E-state index in [-0.39, 0.29) is 0 Å². The highest BCUT2D eigenvalue weighted by Crippen LogP contribution is 2.21. The summed E-state index contributed by atoms with van der Waals surface area (Å²) in [6.07, 6.45) is 1.09. The molecule has 2 rings (SSSR count). The van der Waals surface area contributed by atoms with E-state index in [9.17, 15) is 0 Å². The molecular weight excluding hydrogens is 246 g/mol. The fourth-order valence-corrected chi connectivity index (χ4v) is 2.17. The molecule has 3 nitrogen and oxygen atoms in total. The lowest BCUT2D eigenvalue weighted by Gasteiger charge is -2.09. The predicted molar refractivity (Wildman–Crippen MR) is 84.5 cm³/mol. The lowest BCUT2D eigenvalue weighted by molar-refractivity contribution is 0.647. The Morgan fingerprint density at radius 1 is 1.00 bits per heavy atom. The van der Waals surface area contributed by atoms with Crippen LogP contribution in [0.2, 0.25) is 0 Å². The number of hydrogen-bond acceptors (Lipinski definition) is 3. The second-order valence-corrected chi connectivity index (χ2v) is 5.99. The van der Waals surface area contributed by atoms with Crippen molar-refractivity contribution < 1.29 is 0 Å². The standard InChI is InChI=1S/C17H23N3/c1-11(2)9-13-5-7-14(8-6-13)17-19-15(12(3)4)10-16(18)20-17/h5-8,10-12H,9H2,1-4H3,(H2,18,19,20). The van der Waals surface area contributed by atoms with Crippen LogP contribution in [0.1, 0.15) is 44.9 Å². The average molecular weight is 269 g/mol. The van der Waals surface area contributed by atoms with E-state index in [4.69, 9.17) is 5.73 Å². The Morgan fingerprint density at radius 3 is 2.20 bits per heavy atom. The highest BCUT2D eigenvalue weighted by Gasteiger charge is 2.08. The molecule has 0 fully saturated rings. The van der Waals surface area contributed by atoms with Gasteiger partial charge in [0.1, 0.15) is 5.82 Å². The maximum atomic E-state index is 5.88. The van der Waals surface area contributed by atoms with Gasteiger partial charge in [-0.1, -0.05) is 52.0 Å². The second kappa shape index (κ2) is 6.04. The van der Waals surface area contributed by atoms with Gasteiger partial charge in [-0.2, -0.15) is 0 Å². The summed E-state index contributed by atoms with van der Waals surface area (Å²) in [4.78, 5) is 8.95. The number of anilines is 1. The van der Waals surface area contributed by atoms with Crippen LogP contribution in [0.4, 0.5) is 5.82 Å². The van der Waals surface area contributed by atoms with Crippen molar-refractivity contribution in [1.29, 1.82) is 0 Å². The van der Waals surface area contributed by atoms with Gasteiger partial charge in [0.25, 0.3) is 0 Å². The molecule has 2 N–H and O–H groups in total. The van der Waals surface area contributed by atoms with Crippen LogP contribution in [0.5, 0.6) is 0 Å². The molecule has 20 heavy (non-hydrogen) atoms. The van der Waals surface area contributed by atoms with Crippen molar-refractivity contribution >= 4 is 5.82 Å². The number of rotatable bonds is 4. The van der Waals surface area contributed by atoms with Gasteiger partial charge in [0.05, 0.1) is 0 Å². The fraction of sp³-hybridized carbons (Fsp3) is 0.412. The Balaban J connectivity index is 2.31. The van der Waals surface area contributed by atoms with E-state index in [0.29, 0.717) is 23.5 Å². The minimum Gasteiger partial charge on any atom is -0.384 e. The third-order valence-electron chi connectivity index (χ3n) is 3.21. The van der Waals surface area contributed by atoms with Crippen LogP contribution in [0.3, 0.4) is 0 Å². The first kappa shape index (κ1) is 14.5. The minimum absolute atomic E-state index is 0.347. The summed E-state index contributed by atoms with van der Waals surface area (Å²) in [6.45, 7) is 8.67. The second-order valence-electron chi connectivity index (χ2n) is 5.99. The van der Waals surface area contributed by atoms with Gasteiger partial charge < -0.3 is 5.73 Å². The number of benzene rings is 1. The Hall–Kier alpha value is -1.90. The highest BCUT2D eigenvalue weighted by atomic mass is 14.9. The molecule has 0 radical (unpaired) electrons. The molecule has 0 atom stereocenters. The highest BCUT2D eigenvalue weighted by molar-refractivity contribution is 5.57. The molecule has 106 valence electrons. The van der Waals surface area contributed by atoms with Gasteiger partial charge in [0.2, 0.25) is 0 Å². The number of aromatic nitrogens is 2. The lowest BCUT2D eigenvalue weighted by atomic mass is 10.0. The Morgan fingerprint density at radius 2 is 1.65 bits per heavy atom. The number of nitrogens with two attached hydrogens (primary N) is 1. The largest absolute Gasteiger partial charge is 0.384 e. The Bertz CT molecular complexity index is 571. The van der Waals surface area contributed by atoms with E-state index in [2.05, 4.69) is 61.9 Å². The van der Waals surface area contributed by atoms with E-state index < -0.39 is 0 Å². The van der Waals surface area contributed by atoms with E-state index in [0.717, 1.165) is 17.7 Å². The van der Waals surface area contributed by atoms with Gasteiger partial charge in [-0.15, -0.1) is 0 Å². The molecule has 3 heteroatoms. The molecule has 2 aromatic rings. The van der Waals surface area contributed by atoms with Crippen molar-refractivity contribution in [3.63, 3.8) is 0 Å². The van der Waals surface area contributed by atoms with Crippen molar-refractivity contribution in [2.45, 2.75) is 40.0 Å². The van der Waals surface area contributed by atoms with Crippen LogP contribution >= 0.6 is 0 Å². The molecule has 0 unspecified atom stereocenters. The van der Waals surface area contributed by atoms with Gasteiger partial charge in [-0.3, -0.25) is 0 Å². The topological polar surface area (TPSA) is 51.8 Å². The number of hydrogen-bond donors (Lipinski definition) is 1. The molecule has 0 saturated heterocycles. The van der Waals surface area contributed by atoms with Gasteiger partial charge in [-0.05, 0) is 23.8 Å². The summed E-state index contributed by atoms with van der Waals surface area (Å²) in [5.41, 5.74) is 9.23. The fourth-order valence-electron chi connectivity index (χ4n) is 2.17. The molecule has 0 aliphatic carbocycles. The number of nitrogen functional groups attached to an aromatic ring is 1. The van der Waals surface area contributed by atoms with Crippen LogP contribution in [-0.2, 0) is 6.42 Å². The maximum Gasteiger partial charge on any atom is 0.161 e. The van der Waals surface area contributed by atoms with Crippen LogP contribution in [0, 0.1) is 5.92 Å². The molecule has 0 spiro atoms. The van der Waals surface area contributed by atoms with E-state index in [1.165, 1.54) is 5.56 Å².